The normalized spacial score (nSPS) is 10.5. The van der Waals surface area contributed by atoms with Crippen molar-refractivity contribution >= 4 is 5.82 Å². The number of anilines is 1. The Morgan fingerprint density at radius 2 is 2.33 bits per heavy atom. The Bertz CT molecular complexity index is 514. The quantitative estimate of drug-likeness (QED) is 0.624. The molecule has 0 fully saturated rings. The predicted octanol–water partition coefficient (Wildman–Crippen LogP) is -0.300. The third-order valence-corrected chi connectivity index (χ3v) is 2.06. The first kappa shape index (κ1) is 9.38. The Balaban J connectivity index is 2.58. The van der Waals surface area contributed by atoms with E-state index < -0.39 is 0 Å². The van der Waals surface area contributed by atoms with Crippen LogP contribution in [0.2, 0.25) is 0 Å². The molecular formula is C8H10N6O. The second-order valence-corrected chi connectivity index (χ2v) is 2.99. The fourth-order valence-electron chi connectivity index (χ4n) is 1.29. The van der Waals surface area contributed by atoms with Crippen LogP contribution in [-0.4, -0.2) is 25.4 Å². The van der Waals surface area contributed by atoms with E-state index in [-0.39, 0.29) is 11.4 Å². The summed E-state index contributed by atoms with van der Waals surface area (Å²) in [5.41, 5.74) is 6.36. The zero-order valence-electron chi connectivity index (χ0n) is 8.11. The maximum absolute atomic E-state index is 11.6. The maximum atomic E-state index is 11.6. The second kappa shape index (κ2) is 3.52. The number of nitrogen functional groups attached to an aromatic ring is 1. The summed E-state index contributed by atoms with van der Waals surface area (Å²) in [7, 11) is 0. The van der Waals surface area contributed by atoms with Gasteiger partial charge in [0.05, 0.1) is 11.8 Å². The Hall–Kier alpha value is -2.18. The standard InChI is InChI=1S/C8H10N6O/c1-2-4-6(9)11-7(12-8(4)15)5-3-10-14-13-5/h3H,2H2,1H3,(H,10,13,14)(H3,9,11,12,15). The van der Waals surface area contributed by atoms with Gasteiger partial charge in [0.25, 0.3) is 5.56 Å². The van der Waals surface area contributed by atoms with Crippen LogP contribution in [0.1, 0.15) is 12.5 Å². The minimum atomic E-state index is -0.233. The smallest absolute Gasteiger partial charge is 0.256 e. The summed E-state index contributed by atoms with van der Waals surface area (Å²) < 4.78 is 0. The van der Waals surface area contributed by atoms with Gasteiger partial charge in [-0.1, -0.05) is 6.92 Å². The number of nitrogens with zero attached hydrogens (tertiary/aromatic N) is 3. The van der Waals surface area contributed by atoms with Gasteiger partial charge in [0, 0.05) is 0 Å². The Morgan fingerprint density at radius 3 is 2.87 bits per heavy atom. The molecule has 2 aromatic rings. The van der Waals surface area contributed by atoms with Crippen LogP contribution in [0.3, 0.4) is 0 Å². The van der Waals surface area contributed by atoms with E-state index in [1.807, 2.05) is 6.92 Å². The molecule has 7 heteroatoms. The molecule has 2 aromatic heterocycles. The molecule has 7 nitrogen and oxygen atoms in total. The lowest BCUT2D eigenvalue weighted by Crippen LogP contribution is -2.17. The molecule has 0 aromatic carbocycles. The number of nitrogens with two attached hydrogens (primary N) is 1. The van der Waals surface area contributed by atoms with E-state index in [0.717, 1.165) is 0 Å². The van der Waals surface area contributed by atoms with Gasteiger partial charge in [0.15, 0.2) is 5.82 Å². The number of H-pyrrole nitrogens is 2. The molecule has 0 saturated heterocycles. The topological polar surface area (TPSA) is 113 Å². The van der Waals surface area contributed by atoms with E-state index in [1.54, 1.807) is 0 Å². The van der Waals surface area contributed by atoms with Crippen molar-refractivity contribution in [3.05, 3.63) is 22.1 Å². The van der Waals surface area contributed by atoms with Crippen molar-refractivity contribution in [2.75, 3.05) is 5.73 Å². The van der Waals surface area contributed by atoms with Crippen LogP contribution >= 0.6 is 0 Å². The summed E-state index contributed by atoms with van der Waals surface area (Å²) >= 11 is 0. The van der Waals surface area contributed by atoms with E-state index in [0.29, 0.717) is 23.5 Å². The van der Waals surface area contributed by atoms with Crippen molar-refractivity contribution in [1.82, 2.24) is 25.4 Å². The molecule has 0 spiro atoms. The number of hydrogen-bond acceptors (Lipinski definition) is 5. The van der Waals surface area contributed by atoms with Crippen molar-refractivity contribution in [2.24, 2.45) is 0 Å². The van der Waals surface area contributed by atoms with Crippen LogP contribution in [0.25, 0.3) is 11.5 Å². The molecule has 2 rings (SSSR count). The van der Waals surface area contributed by atoms with Gasteiger partial charge >= 0.3 is 0 Å². The zero-order chi connectivity index (χ0) is 10.8. The van der Waals surface area contributed by atoms with Gasteiger partial charge in [-0.3, -0.25) is 4.79 Å². The summed E-state index contributed by atoms with van der Waals surface area (Å²) in [6, 6.07) is 0. The average Bonchev–Trinajstić information content (AvgIpc) is 2.69. The Labute approximate surface area is 84.7 Å². The Morgan fingerprint density at radius 1 is 1.53 bits per heavy atom. The van der Waals surface area contributed by atoms with Crippen LogP contribution in [0.15, 0.2) is 11.0 Å². The third kappa shape index (κ3) is 1.58. The molecule has 2 heterocycles. The highest BCUT2D eigenvalue weighted by Gasteiger charge is 2.09. The number of aromatic nitrogens is 5. The molecule has 0 radical (unpaired) electrons. The van der Waals surface area contributed by atoms with E-state index in [4.69, 9.17) is 5.73 Å². The zero-order valence-corrected chi connectivity index (χ0v) is 8.11. The lowest BCUT2D eigenvalue weighted by molar-refractivity contribution is 0.935. The predicted molar refractivity (Wildman–Crippen MR) is 54.0 cm³/mol. The molecule has 15 heavy (non-hydrogen) atoms. The highest BCUT2D eigenvalue weighted by atomic mass is 16.1. The van der Waals surface area contributed by atoms with Gasteiger partial charge in [0.1, 0.15) is 11.5 Å². The summed E-state index contributed by atoms with van der Waals surface area (Å²) in [4.78, 5) is 18.2. The highest BCUT2D eigenvalue weighted by molar-refractivity contribution is 5.51. The first-order chi connectivity index (χ1) is 7.22. The number of aromatic amines is 2. The van der Waals surface area contributed by atoms with Crippen molar-refractivity contribution in [1.29, 1.82) is 0 Å². The Kier molecular flexibility index (Phi) is 2.20. The molecule has 0 aliphatic heterocycles. The third-order valence-electron chi connectivity index (χ3n) is 2.06. The molecule has 0 amide bonds. The second-order valence-electron chi connectivity index (χ2n) is 2.99. The van der Waals surface area contributed by atoms with Crippen LogP contribution in [-0.2, 0) is 6.42 Å². The van der Waals surface area contributed by atoms with Crippen LogP contribution in [0, 0.1) is 0 Å². The summed E-state index contributed by atoms with van der Waals surface area (Å²) in [6.45, 7) is 1.85. The van der Waals surface area contributed by atoms with Gasteiger partial charge in [-0.25, -0.2) is 4.98 Å². The van der Waals surface area contributed by atoms with Crippen LogP contribution in [0.4, 0.5) is 5.82 Å². The number of hydrogen-bond donors (Lipinski definition) is 3. The SMILES string of the molecule is CCc1c(N)nc(-c2cn[nH]n2)[nH]c1=O. The summed E-state index contributed by atoms with van der Waals surface area (Å²) in [5, 5.41) is 9.85. The molecule has 4 N–H and O–H groups in total. The molecule has 0 aliphatic carbocycles. The summed E-state index contributed by atoms with van der Waals surface area (Å²) in [5.74, 6) is 0.558. The molecule has 0 aliphatic rings. The van der Waals surface area contributed by atoms with Crippen molar-refractivity contribution in [3.8, 4) is 11.5 Å². The lowest BCUT2D eigenvalue weighted by atomic mass is 10.2. The minimum absolute atomic E-state index is 0.233. The molecule has 78 valence electrons. The first-order valence-corrected chi connectivity index (χ1v) is 4.47. The fourth-order valence-corrected chi connectivity index (χ4v) is 1.29. The first-order valence-electron chi connectivity index (χ1n) is 4.47. The minimum Gasteiger partial charge on any atom is -0.383 e. The van der Waals surface area contributed by atoms with E-state index in [9.17, 15) is 4.79 Å². The molecular weight excluding hydrogens is 196 g/mol. The average molecular weight is 206 g/mol. The maximum Gasteiger partial charge on any atom is 0.256 e. The van der Waals surface area contributed by atoms with Gasteiger partial charge in [0.2, 0.25) is 0 Å². The van der Waals surface area contributed by atoms with E-state index in [1.165, 1.54) is 6.20 Å². The van der Waals surface area contributed by atoms with Gasteiger partial charge in [-0.2, -0.15) is 15.4 Å². The molecule has 0 saturated carbocycles. The summed E-state index contributed by atoms with van der Waals surface area (Å²) in [6.07, 6.45) is 2.01. The molecule has 0 atom stereocenters. The largest absolute Gasteiger partial charge is 0.383 e. The van der Waals surface area contributed by atoms with Gasteiger partial charge < -0.3 is 10.7 Å². The molecule has 0 bridgehead atoms. The van der Waals surface area contributed by atoms with Crippen LogP contribution < -0.4 is 11.3 Å². The van der Waals surface area contributed by atoms with Gasteiger partial charge in [-0.15, -0.1) is 0 Å². The fraction of sp³-hybridized carbons (Fsp3) is 0.250. The van der Waals surface area contributed by atoms with Crippen molar-refractivity contribution in [3.63, 3.8) is 0 Å². The van der Waals surface area contributed by atoms with Crippen molar-refractivity contribution < 1.29 is 0 Å². The highest BCUT2D eigenvalue weighted by Crippen LogP contribution is 2.11. The van der Waals surface area contributed by atoms with Crippen LogP contribution in [0.5, 0.6) is 0 Å². The monoisotopic (exact) mass is 206 g/mol. The van der Waals surface area contributed by atoms with E-state index in [2.05, 4.69) is 25.4 Å². The molecule has 0 unspecified atom stereocenters. The van der Waals surface area contributed by atoms with E-state index >= 15 is 0 Å². The van der Waals surface area contributed by atoms with Gasteiger partial charge in [-0.05, 0) is 6.42 Å². The lowest BCUT2D eigenvalue weighted by Gasteiger charge is -2.02. The number of nitrogens with one attached hydrogen (secondary N) is 2. The van der Waals surface area contributed by atoms with Crippen molar-refractivity contribution in [2.45, 2.75) is 13.3 Å². The number of rotatable bonds is 2.